The van der Waals surface area contributed by atoms with Gasteiger partial charge in [-0.1, -0.05) is 27.2 Å². The van der Waals surface area contributed by atoms with E-state index in [-0.39, 0.29) is 5.91 Å². The molecule has 3 unspecified atom stereocenters. The predicted octanol–water partition coefficient (Wildman–Crippen LogP) is 1.67. The minimum absolute atomic E-state index is 0.117. The lowest BCUT2D eigenvalue weighted by atomic mass is 9.70. The smallest absolute Gasteiger partial charge is 0.252 e. The number of hydrogen-bond donors (Lipinski definition) is 2. The fourth-order valence-corrected chi connectivity index (χ4v) is 2.95. The van der Waals surface area contributed by atoms with Gasteiger partial charge in [0, 0.05) is 6.54 Å². The zero-order valence-electron chi connectivity index (χ0n) is 11.0. The molecule has 0 aromatic rings. The van der Waals surface area contributed by atoms with Crippen LogP contribution in [0.25, 0.3) is 0 Å². The number of nitrogens with zero attached hydrogens (tertiary/aromatic N) is 1. The summed E-state index contributed by atoms with van der Waals surface area (Å²) in [6.45, 7) is 7.25. The summed E-state index contributed by atoms with van der Waals surface area (Å²) >= 11 is 0. The van der Waals surface area contributed by atoms with E-state index in [1.807, 2.05) is 0 Å². The number of guanidine groups is 1. The van der Waals surface area contributed by atoms with Crippen molar-refractivity contribution in [2.24, 2.45) is 16.8 Å². The summed E-state index contributed by atoms with van der Waals surface area (Å²) in [7, 11) is 0. The molecule has 0 aromatic heterocycles. The maximum absolute atomic E-state index is 12.2. The number of carbonyl (C=O) groups is 1. The van der Waals surface area contributed by atoms with Gasteiger partial charge in [0.2, 0.25) is 0 Å². The van der Waals surface area contributed by atoms with E-state index < -0.39 is 5.54 Å². The molecule has 2 fully saturated rings. The second-order valence-electron chi connectivity index (χ2n) is 5.57. The quantitative estimate of drug-likeness (QED) is 0.767. The summed E-state index contributed by atoms with van der Waals surface area (Å²) in [5.41, 5.74) is -0.399. The molecule has 0 radical (unpaired) electrons. The average molecular weight is 237 g/mol. The standard InChI is InChI=1S/C13H23N3O/c1-4-7-14-12-15-11(17)13(16-12)8-9(2)5-6-10(13)3/h9-10H,4-8H2,1-3H3,(H2,14,15,16,17). The van der Waals surface area contributed by atoms with E-state index in [9.17, 15) is 4.79 Å². The highest BCUT2D eigenvalue weighted by molar-refractivity contribution is 6.09. The van der Waals surface area contributed by atoms with E-state index in [1.165, 1.54) is 6.42 Å². The Morgan fingerprint density at radius 1 is 1.41 bits per heavy atom. The molecule has 3 atom stereocenters. The molecule has 1 heterocycles. The van der Waals surface area contributed by atoms with Gasteiger partial charge in [0.05, 0.1) is 0 Å². The fourth-order valence-electron chi connectivity index (χ4n) is 2.95. The average Bonchev–Trinajstić information content (AvgIpc) is 2.60. The van der Waals surface area contributed by atoms with E-state index in [0.717, 1.165) is 25.8 Å². The number of aliphatic imine (C=N–C) groups is 1. The van der Waals surface area contributed by atoms with Crippen LogP contribution in [0.15, 0.2) is 4.99 Å². The Hall–Kier alpha value is -1.06. The maximum Gasteiger partial charge on any atom is 0.252 e. The molecule has 2 rings (SSSR count). The van der Waals surface area contributed by atoms with Crippen LogP contribution in [-0.2, 0) is 4.79 Å². The molecular formula is C13H23N3O. The Balaban J connectivity index is 2.17. The zero-order chi connectivity index (χ0) is 12.5. The second-order valence-corrected chi connectivity index (χ2v) is 5.57. The van der Waals surface area contributed by atoms with Crippen LogP contribution in [-0.4, -0.2) is 24.0 Å². The number of amides is 1. The number of rotatable bonds is 2. The van der Waals surface area contributed by atoms with Crippen LogP contribution in [0.4, 0.5) is 0 Å². The molecule has 2 N–H and O–H groups in total. The predicted molar refractivity (Wildman–Crippen MR) is 68.8 cm³/mol. The summed E-state index contributed by atoms with van der Waals surface area (Å²) in [6, 6.07) is 0. The third-order valence-corrected chi connectivity index (χ3v) is 4.08. The van der Waals surface area contributed by atoms with Crippen molar-refractivity contribution in [2.45, 2.75) is 52.0 Å². The third-order valence-electron chi connectivity index (χ3n) is 4.08. The van der Waals surface area contributed by atoms with E-state index in [0.29, 0.717) is 17.8 Å². The normalized spacial score (nSPS) is 39.5. The monoisotopic (exact) mass is 237 g/mol. The van der Waals surface area contributed by atoms with E-state index >= 15 is 0 Å². The molecule has 4 nitrogen and oxygen atoms in total. The maximum atomic E-state index is 12.2. The SMILES string of the molecule is CCCN=C1NC(=O)C2(CC(C)CCC2C)N1. The van der Waals surface area contributed by atoms with E-state index in [2.05, 4.69) is 36.4 Å². The zero-order valence-corrected chi connectivity index (χ0v) is 11.0. The molecule has 1 aliphatic carbocycles. The van der Waals surface area contributed by atoms with Gasteiger partial charge >= 0.3 is 0 Å². The van der Waals surface area contributed by atoms with Crippen molar-refractivity contribution in [3.63, 3.8) is 0 Å². The van der Waals surface area contributed by atoms with Crippen molar-refractivity contribution < 1.29 is 4.79 Å². The first-order chi connectivity index (χ1) is 8.08. The highest BCUT2D eigenvalue weighted by Gasteiger charge is 2.51. The van der Waals surface area contributed by atoms with Crippen LogP contribution < -0.4 is 10.6 Å². The first-order valence-corrected chi connectivity index (χ1v) is 6.72. The van der Waals surface area contributed by atoms with Gasteiger partial charge in [-0.3, -0.25) is 15.1 Å². The van der Waals surface area contributed by atoms with Gasteiger partial charge in [-0.2, -0.15) is 0 Å². The Morgan fingerprint density at radius 2 is 2.18 bits per heavy atom. The molecular weight excluding hydrogens is 214 g/mol. The largest absolute Gasteiger partial charge is 0.341 e. The highest BCUT2D eigenvalue weighted by atomic mass is 16.2. The van der Waals surface area contributed by atoms with Gasteiger partial charge in [-0.25, -0.2) is 0 Å². The lowest BCUT2D eigenvalue weighted by Gasteiger charge is -2.39. The topological polar surface area (TPSA) is 53.5 Å². The van der Waals surface area contributed by atoms with Gasteiger partial charge in [0.1, 0.15) is 5.54 Å². The van der Waals surface area contributed by atoms with E-state index in [1.54, 1.807) is 0 Å². The van der Waals surface area contributed by atoms with Gasteiger partial charge in [0.15, 0.2) is 5.96 Å². The number of hydrogen-bond acceptors (Lipinski definition) is 2. The van der Waals surface area contributed by atoms with Gasteiger partial charge in [-0.15, -0.1) is 0 Å². The minimum atomic E-state index is -0.399. The summed E-state index contributed by atoms with van der Waals surface area (Å²) in [6.07, 6.45) is 4.26. The van der Waals surface area contributed by atoms with Crippen LogP contribution in [0, 0.1) is 11.8 Å². The molecule has 96 valence electrons. The Bertz CT molecular complexity index is 340. The van der Waals surface area contributed by atoms with Crippen LogP contribution in [0.2, 0.25) is 0 Å². The van der Waals surface area contributed by atoms with Crippen molar-refractivity contribution >= 4 is 11.9 Å². The summed E-state index contributed by atoms with van der Waals surface area (Å²) < 4.78 is 0. The van der Waals surface area contributed by atoms with Crippen molar-refractivity contribution in [3.05, 3.63) is 0 Å². The molecule has 0 bridgehead atoms. The summed E-state index contributed by atoms with van der Waals surface area (Å²) in [4.78, 5) is 16.6. The van der Waals surface area contributed by atoms with Crippen LogP contribution in [0.1, 0.15) is 46.5 Å². The number of nitrogens with one attached hydrogen (secondary N) is 2. The first kappa shape index (κ1) is 12.4. The lowest BCUT2D eigenvalue weighted by Crippen LogP contribution is -2.55. The highest BCUT2D eigenvalue weighted by Crippen LogP contribution is 2.38. The molecule has 1 aliphatic heterocycles. The molecule has 1 amide bonds. The molecule has 2 aliphatic rings. The second kappa shape index (κ2) is 4.67. The Morgan fingerprint density at radius 3 is 2.88 bits per heavy atom. The molecule has 1 saturated carbocycles. The van der Waals surface area contributed by atoms with Crippen molar-refractivity contribution in [3.8, 4) is 0 Å². The van der Waals surface area contributed by atoms with E-state index in [4.69, 9.17) is 0 Å². The summed E-state index contributed by atoms with van der Waals surface area (Å²) in [5.74, 6) is 1.78. The van der Waals surface area contributed by atoms with Crippen LogP contribution >= 0.6 is 0 Å². The van der Waals surface area contributed by atoms with Gasteiger partial charge in [-0.05, 0) is 31.1 Å². The van der Waals surface area contributed by atoms with Crippen molar-refractivity contribution in [1.29, 1.82) is 0 Å². The third kappa shape index (κ3) is 2.17. The number of carbonyl (C=O) groups excluding carboxylic acids is 1. The molecule has 1 saturated heterocycles. The van der Waals surface area contributed by atoms with Crippen LogP contribution in [0.5, 0.6) is 0 Å². The lowest BCUT2D eigenvalue weighted by molar-refractivity contribution is -0.127. The van der Waals surface area contributed by atoms with Crippen LogP contribution in [0.3, 0.4) is 0 Å². The van der Waals surface area contributed by atoms with Crippen molar-refractivity contribution in [1.82, 2.24) is 10.6 Å². The Kier molecular flexibility index (Phi) is 3.40. The molecule has 0 aromatic carbocycles. The van der Waals surface area contributed by atoms with Crippen molar-refractivity contribution in [2.75, 3.05) is 6.54 Å². The molecule has 1 spiro atoms. The Labute approximate surface area is 103 Å². The minimum Gasteiger partial charge on any atom is -0.341 e. The molecule has 4 heteroatoms. The van der Waals surface area contributed by atoms with Gasteiger partial charge < -0.3 is 5.32 Å². The fraction of sp³-hybridized carbons (Fsp3) is 0.846. The van der Waals surface area contributed by atoms with Gasteiger partial charge in [0.25, 0.3) is 5.91 Å². The summed E-state index contributed by atoms with van der Waals surface area (Å²) in [5, 5.41) is 6.26. The first-order valence-electron chi connectivity index (χ1n) is 6.72. The molecule has 17 heavy (non-hydrogen) atoms.